The van der Waals surface area contributed by atoms with Crippen LogP contribution in [-0.4, -0.2) is 4.57 Å². The lowest BCUT2D eigenvalue weighted by Gasteiger charge is -2.37. The van der Waals surface area contributed by atoms with Gasteiger partial charge < -0.3 is 4.57 Å². The van der Waals surface area contributed by atoms with E-state index in [4.69, 9.17) is 0 Å². The highest BCUT2D eigenvalue weighted by Gasteiger charge is 2.39. The molecule has 2 nitrogen and oxygen atoms in total. The van der Waals surface area contributed by atoms with Crippen LogP contribution in [0, 0.1) is 22.6 Å². The highest BCUT2D eigenvalue weighted by Crippen LogP contribution is 2.49. The second-order valence-corrected chi connectivity index (χ2v) is 5.79. The van der Waals surface area contributed by atoms with Crippen molar-refractivity contribution in [1.82, 2.24) is 4.57 Å². The fourth-order valence-electron chi connectivity index (χ4n) is 3.37. The molecule has 1 aliphatic carbocycles. The summed E-state index contributed by atoms with van der Waals surface area (Å²) in [7, 11) is 0. The van der Waals surface area contributed by atoms with Gasteiger partial charge in [0.25, 0.3) is 0 Å². The monoisotopic (exact) mass is 276 g/mol. The number of aromatic nitrogens is 1. The van der Waals surface area contributed by atoms with Crippen molar-refractivity contribution in [2.75, 3.05) is 0 Å². The van der Waals surface area contributed by atoms with Crippen LogP contribution in [0.2, 0.25) is 0 Å². The van der Waals surface area contributed by atoms with E-state index in [1.165, 1.54) is 12.1 Å². The Balaban J connectivity index is 2.12. The predicted molar refractivity (Wildman–Crippen MR) is 81.6 cm³/mol. The summed E-state index contributed by atoms with van der Waals surface area (Å²) in [6, 6.07) is 9.10. The maximum absolute atomic E-state index is 13.4. The Labute approximate surface area is 122 Å². The molecule has 102 valence electrons. The molecule has 2 aliphatic rings. The largest absolute Gasteiger partial charge is 0.313 e. The Morgan fingerprint density at radius 3 is 3.00 bits per heavy atom. The zero-order chi connectivity index (χ0) is 14.6. The minimum atomic E-state index is -0.309. The Morgan fingerprint density at radius 1 is 1.33 bits per heavy atom. The van der Waals surface area contributed by atoms with E-state index in [-0.39, 0.29) is 11.2 Å². The molecule has 2 heterocycles. The number of hydrogen-bond acceptors (Lipinski definition) is 1. The first-order valence-electron chi connectivity index (χ1n) is 6.94. The van der Waals surface area contributed by atoms with E-state index in [0.717, 1.165) is 34.3 Å². The molecule has 0 fully saturated rings. The summed E-state index contributed by atoms with van der Waals surface area (Å²) in [4.78, 5) is 0. The van der Waals surface area contributed by atoms with E-state index in [0.29, 0.717) is 0 Å². The number of rotatable bonds is 0. The Kier molecular flexibility index (Phi) is 2.29. The maximum atomic E-state index is 13.4. The van der Waals surface area contributed by atoms with Gasteiger partial charge in [0.1, 0.15) is 5.82 Å². The van der Waals surface area contributed by atoms with Crippen molar-refractivity contribution < 1.29 is 4.39 Å². The Morgan fingerprint density at radius 2 is 2.19 bits per heavy atom. The quantitative estimate of drug-likeness (QED) is 0.696. The smallest absolute Gasteiger partial charge is 0.123 e. The number of fused-ring (bicyclic) bond motifs is 5. The van der Waals surface area contributed by atoms with Gasteiger partial charge in [0.2, 0.25) is 0 Å². The second-order valence-electron chi connectivity index (χ2n) is 5.79. The van der Waals surface area contributed by atoms with Gasteiger partial charge >= 0.3 is 0 Å². The summed E-state index contributed by atoms with van der Waals surface area (Å²) >= 11 is 0. The van der Waals surface area contributed by atoms with Gasteiger partial charge in [0.15, 0.2) is 0 Å². The molecule has 1 aliphatic heterocycles. The molecule has 0 spiro atoms. The lowest BCUT2D eigenvalue weighted by Crippen LogP contribution is -2.28. The van der Waals surface area contributed by atoms with Crippen LogP contribution in [0.1, 0.15) is 19.0 Å². The highest BCUT2D eigenvalue weighted by atomic mass is 19.1. The van der Waals surface area contributed by atoms with Crippen LogP contribution in [0.25, 0.3) is 22.7 Å². The van der Waals surface area contributed by atoms with Crippen molar-refractivity contribution in [3.8, 4) is 6.07 Å². The fourth-order valence-corrected chi connectivity index (χ4v) is 3.37. The minimum Gasteiger partial charge on any atom is -0.313 e. The van der Waals surface area contributed by atoms with Crippen molar-refractivity contribution in [3.63, 3.8) is 0 Å². The third-order valence-electron chi connectivity index (χ3n) is 4.52. The van der Waals surface area contributed by atoms with Gasteiger partial charge in [-0.1, -0.05) is 12.2 Å². The molecular weight excluding hydrogens is 263 g/mol. The average Bonchev–Trinajstić information content (AvgIpc) is 2.82. The number of nitriles is 1. The number of hydrogen-bond donors (Lipinski definition) is 0. The normalized spacial score (nSPS) is 23.1. The molecule has 0 saturated carbocycles. The highest BCUT2D eigenvalue weighted by molar-refractivity contribution is 5.91. The number of benzene rings is 1. The van der Waals surface area contributed by atoms with Gasteiger partial charge in [0.05, 0.1) is 11.6 Å². The maximum Gasteiger partial charge on any atom is 0.123 e. The van der Waals surface area contributed by atoms with Crippen LogP contribution < -0.4 is 0 Å². The number of nitrogens with zero attached hydrogens (tertiary/aromatic N) is 2. The first-order valence-corrected chi connectivity index (χ1v) is 6.94. The molecule has 2 aromatic rings. The van der Waals surface area contributed by atoms with Gasteiger partial charge in [-0.15, -0.1) is 0 Å². The summed E-state index contributed by atoms with van der Waals surface area (Å²) < 4.78 is 15.6. The molecule has 0 amide bonds. The van der Waals surface area contributed by atoms with Gasteiger partial charge in [-0.2, -0.15) is 5.26 Å². The topological polar surface area (TPSA) is 28.7 Å². The third-order valence-corrected chi connectivity index (χ3v) is 4.52. The zero-order valence-electron chi connectivity index (χ0n) is 11.6. The van der Waals surface area contributed by atoms with Crippen molar-refractivity contribution in [2.45, 2.75) is 13.3 Å². The Bertz CT molecular complexity index is 905. The van der Waals surface area contributed by atoms with E-state index in [9.17, 15) is 9.65 Å². The molecule has 0 N–H and O–H groups in total. The first kappa shape index (κ1) is 12.2. The minimum absolute atomic E-state index is 0.241. The van der Waals surface area contributed by atoms with Gasteiger partial charge in [-0.25, -0.2) is 4.39 Å². The standard InChI is InChI=1S/C18H13FN2/c1-18-7-3-2-4-17(18)21-15(10-13(18)11-20)9-12-8-14(19)5-6-16(12)21/h2-6,8-10H,7H2,1H3. The molecule has 1 aromatic carbocycles. The molecule has 0 saturated heterocycles. The van der Waals surface area contributed by atoms with E-state index in [1.54, 1.807) is 6.07 Å². The van der Waals surface area contributed by atoms with Crippen molar-refractivity contribution >= 4 is 22.7 Å². The number of halogens is 1. The summed E-state index contributed by atoms with van der Waals surface area (Å²) in [6.07, 6.45) is 8.90. The van der Waals surface area contributed by atoms with E-state index in [2.05, 4.69) is 29.7 Å². The van der Waals surface area contributed by atoms with E-state index >= 15 is 0 Å². The first-order chi connectivity index (χ1) is 10.1. The molecule has 0 bridgehead atoms. The predicted octanol–water partition coefficient (Wildman–Crippen LogP) is 4.51. The molecular formula is C18H13FN2. The molecule has 21 heavy (non-hydrogen) atoms. The van der Waals surface area contributed by atoms with Crippen LogP contribution in [0.3, 0.4) is 0 Å². The molecule has 1 unspecified atom stereocenters. The fraction of sp³-hybridized carbons (Fsp3) is 0.167. The van der Waals surface area contributed by atoms with Crippen molar-refractivity contribution in [2.24, 2.45) is 5.41 Å². The lowest BCUT2D eigenvalue weighted by atomic mass is 9.72. The van der Waals surface area contributed by atoms with E-state index in [1.807, 2.05) is 18.2 Å². The molecule has 1 atom stereocenters. The number of allylic oxidation sites excluding steroid dienone is 5. The van der Waals surface area contributed by atoms with Crippen LogP contribution in [-0.2, 0) is 0 Å². The zero-order valence-corrected chi connectivity index (χ0v) is 11.6. The third kappa shape index (κ3) is 1.50. The molecule has 3 heteroatoms. The molecule has 0 radical (unpaired) electrons. The van der Waals surface area contributed by atoms with Crippen LogP contribution in [0.4, 0.5) is 4.39 Å². The van der Waals surface area contributed by atoms with Crippen molar-refractivity contribution in [1.29, 1.82) is 5.26 Å². The van der Waals surface area contributed by atoms with Gasteiger partial charge in [-0.3, -0.25) is 0 Å². The van der Waals surface area contributed by atoms with E-state index < -0.39 is 0 Å². The summed E-state index contributed by atoms with van der Waals surface area (Å²) in [5.41, 5.74) is 3.45. The lowest BCUT2D eigenvalue weighted by molar-refractivity contribution is 0.527. The van der Waals surface area contributed by atoms with Gasteiger partial charge in [0, 0.05) is 27.8 Å². The summed E-state index contributed by atoms with van der Waals surface area (Å²) in [5, 5.41) is 10.4. The average molecular weight is 276 g/mol. The van der Waals surface area contributed by atoms with Crippen LogP contribution in [0.5, 0.6) is 0 Å². The second kappa shape index (κ2) is 3.95. The molecule has 4 rings (SSSR count). The summed E-state index contributed by atoms with van der Waals surface area (Å²) in [5.74, 6) is -0.241. The summed E-state index contributed by atoms with van der Waals surface area (Å²) in [6.45, 7) is 2.09. The van der Waals surface area contributed by atoms with Crippen LogP contribution >= 0.6 is 0 Å². The van der Waals surface area contributed by atoms with Crippen molar-refractivity contribution in [3.05, 3.63) is 59.6 Å². The Hall–Kier alpha value is -2.60. The van der Waals surface area contributed by atoms with Crippen LogP contribution in [0.15, 0.2) is 48.1 Å². The van der Waals surface area contributed by atoms with Gasteiger partial charge in [-0.05, 0) is 49.8 Å². The SMILES string of the molecule is CC12CC=CC=C1n1c(cc3cc(F)ccc31)C=C2C#N. The molecule has 1 aromatic heterocycles.